The first kappa shape index (κ1) is 10.4. The number of hydrogen-bond donors (Lipinski definition) is 0. The second-order valence-corrected chi connectivity index (χ2v) is 3.43. The van der Waals surface area contributed by atoms with Crippen LogP contribution >= 0.6 is 0 Å². The molecule has 0 aromatic carbocycles. The number of hydrogen-bond acceptors (Lipinski definition) is 2. The average Bonchev–Trinajstić information content (AvgIpc) is 1.87. The minimum absolute atomic E-state index is 0.0943. The monoisotopic (exact) mass is 159 g/mol. The molecule has 0 unspecified atom stereocenters. The highest BCUT2D eigenvalue weighted by molar-refractivity contribution is 5.76. The summed E-state index contributed by atoms with van der Waals surface area (Å²) in [6.45, 7) is 3.79. The van der Waals surface area contributed by atoms with Gasteiger partial charge in [0.2, 0.25) is 5.91 Å². The number of nitrogens with zero attached hydrogens (tertiary/aromatic N) is 1. The van der Waals surface area contributed by atoms with Crippen LogP contribution in [0, 0.1) is 0 Å². The average molecular weight is 159 g/mol. The van der Waals surface area contributed by atoms with E-state index >= 15 is 0 Å². The van der Waals surface area contributed by atoms with Gasteiger partial charge >= 0.3 is 0 Å². The Balaban J connectivity index is 3.94. The lowest BCUT2D eigenvalue weighted by molar-refractivity contribution is -0.133. The quantitative estimate of drug-likeness (QED) is 0.612. The molecular weight excluding hydrogens is 142 g/mol. The van der Waals surface area contributed by atoms with Crippen LogP contribution in [-0.4, -0.2) is 37.6 Å². The maximum atomic E-state index is 11.2. The molecule has 66 valence electrons. The van der Waals surface area contributed by atoms with Crippen molar-refractivity contribution in [1.82, 2.24) is 4.90 Å². The van der Waals surface area contributed by atoms with Crippen LogP contribution in [0.25, 0.3) is 0 Å². The highest BCUT2D eigenvalue weighted by Gasteiger charge is 2.21. The molecule has 3 nitrogen and oxygen atoms in total. The maximum Gasteiger partial charge on any atom is 0.224 e. The topological polar surface area (TPSA) is 29.5 Å². The Bertz CT molecular complexity index is 141. The molecule has 0 atom stereocenters. The molecule has 1 amide bonds. The first-order valence-corrected chi connectivity index (χ1v) is 3.64. The van der Waals surface area contributed by atoms with Gasteiger partial charge in [-0.15, -0.1) is 0 Å². The van der Waals surface area contributed by atoms with Crippen molar-refractivity contribution in [3.63, 3.8) is 0 Å². The third-order valence-corrected chi connectivity index (χ3v) is 1.63. The molecule has 0 aromatic rings. The minimum Gasteiger partial charge on any atom is -0.378 e. The van der Waals surface area contributed by atoms with Crippen molar-refractivity contribution in [3.05, 3.63) is 0 Å². The summed E-state index contributed by atoms with van der Waals surface area (Å²) in [5, 5.41) is 0. The maximum absolute atomic E-state index is 11.2. The predicted octanol–water partition coefficient (Wildman–Crippen LogP) is 0.890. The zero-order valence-electron chi connectivity index (χ0n) is 7.97. The molecule has 0 radical (unpaired) electrons. The van der Waals surface area contributed by atoms with Crippen molar-refractivity contribution in [2.24, 2.45) is 0 Å². The van der Waals surface area contributed by atoms with Crippen molar-refractivity contribution in [2.75, 3.05) is 21.2 Å². The Morgan fingerprint density at radius 2 is 1.91 bits per heavy atom. The van der Waals surface area contributed by atoms with Crippen molar-refractivity contribution >= 4 is 5.91 Å². The fourth-order valence-corrected chi connectivity index (χ4v) is 0.594. The number of carbonyl (C=O) groups excluding carboxylic acids is 1. The molecular formula is C8H17NO2. The number of ether oxygens (including phenoxy) is 1. The van der Waals surface area contributed by atoms with Crippen LogP contribution in [0.1, 0.15) is 20.3 Å². The highest BCUT2D eigenvalue weighted by Crippen LogP contribution is 2.13. The Kier molecular flexibility index (Phi) is 3.52. The molecule has 11 heavy (non-hydrogen) atoms. The van der Waals surface area contributed by atoms with Crippen LogP contribution in [-0.2, 0) is 9.53 Å². The Morgan fingerprint density at radius 1 is 1.45 bits per heavy atom. The van der Waals surface area contributed by atoms with Gasteiger partial charge in [0, 0.05) is 21.2 Å². The van der Waals surface area contributed by atoms with Crippen LogP contribution in [0.15, 0.2) is 0 Å². The number of rotatable bonds is 3. The lowest BCUT2D eigenvalue weighted by atomic mass is 10.0. The summed E-state index contributed by atoms with van der Waals surface area (Å²) < 4.78 is 5.11. The minimum atomic E-state index is -0.346. The number of amides is 1. The van der Waals surface area contributed by atoms with E-state index in [0.29, 0.717) is 6.42 Å². The molecule has 3 heteroatoms. The largest absolute Gasteiger partial charge is 0.378 e. The Hall–Kier alpha value is -0.570. The van der Waals surface area contributed by atoms with Gasteiger partial charge in [-0.25, -0.2) is 0 Å². The van der Waals surface area contributed by atoms with E-state index in [0.717, 1.165) is 0 Å². The second-order valence-electron chi connectivity index (χ2n) is 3.43. The Labute approximate surface area is 68.3 Å². The zero-order valence-corrected chi connectivity index (χ0v) is 7.97. The van der Waals surface area contributed by atoms with Gasteiger partial charge in [0.1, 0.15) is 0 Å². The van der Waals surface area contributed by atoms with E-state index < -0.39 is 0 Å². The summed E-state index contributed by atoms with van der Waals surface area (Å²) in [5.74, 6) is 0.0943. The van der Waals surface area contributed by atoms with Gasteiger partial charge in [0.15, 0.2) is 0 Å². The van der Waals surface area contributed by atoms with Gasteiger partial charge in [-0.2, -0.15) is 0 Å². The van der Waals surface area contributed by atoms with E-state index in [1.165, 1.54) is 0 Å². The van der Waals surface area contributed by atoms with Gasteiger partial charge in [-0.1, -0.05) is 0 Å². The first-order valence-electron chi connectivity index (χ1n) is 3.64. The third kappa shape index (κ3) is 3.98. The standard InChI is InChI=1S/C8H17NO2/c1-8(2,11-5)6-7(10)9(3)4/h6H2,1-5H3. The van der Waals surface area contributed by atoms with Crippen LogP contribution in [0.3, 0.4) is 0 Å². The van der Waals surface area contributed by atoms with E-state index in [1.807, 2.05) is 13.8 Å². The SMILES string of the molecule is COC(C)(C)CC(=O)N(C)C. The smallest absolute Gasteiger partial charge is 0.224 e. The molecule has 0 fully saturated rings. The summed E-state index contributed by atoms with van der Waals surface area (Å²) in [6, 6.07) is 0. The van der Waals surface area contributed by atoms with Gasteiger partial charge in [-0.3, -0.25) is 4.79 Å². The van der Waals surface area contributed by atoms with Gasteiger partial charge < -0.3 is 9.64 Å². The van der Waals surface area contributed by atoms with Crippen LogP contribution in [0.4, 0.5) is 0 Å². The molecule has 0 saturated carbocycles. The fraction of sp³-hybridized carbons (Fsp3) is 0.875. The Morgan fingerprint density at radius 3 is 2.18 bits per heavy atom. The van der Waals surface area contributed by atoms with Gasteiger partial charge in [-0.05, 0) is 13.8 Å². The first-order chi connectivity index (χ1) is 4.89. The number of methoxy groups -OCH3 is 1. The third-order valence-electron chi connectivity index (χ3n) is 1.63. The predicted molar refractivity (Wildman–Crippen MR) is 44.4 cm³/mol. The molecule has 0 aliphatic heterocycles. The normalized spacial score (nSPS) is 11.4. The van der Waals surface area contributed by atoms with E-state index in [1.54, 1.807) is 26.1 Å². The summed E-state index contributed by atoms with van der Waals surface area (Å²) in [4.78, 5) is 12.7. The highest BCUT2D eigenvalue weighted by atomic mass is 16.5. The summed E-state index contributed by atoms with van der Waals surface area (Å²) in [7, 11) is 5.10. The lowest BCUT2D eigenvalue weighted by Crippen LogP contribution is -2.32. The van der Waals surface area contributed by atoms with Crippen LogP contribution in [0.5, 0.6) is 0 Å². The van der Waals surface area contributed by atoms with Crippen LogP contribution in [0.2, 0.25) is 0 Å². The van der Waals surface area contributed by atoms with Gasteiger partial charge in [0.05, 0.1) is 12.0 Å². The lowest BCUT2D eigenvalue weighted by Gasteiger charge is -2.23. The molecule has 0 heterocycles. The molecule has 0 spiro atoms. The molecule has 0 aromatic heterocycles. The summed E-state index contributed by atoms with van der Waals surface area (Å²) in [5.41, 5.74) is -0.346. The van der Waals surface area contributed by atoms with Gasteiger partial charge in [0.25, 0.3) is 0 Å². The van der Waals surface area contributed by atoms with Crippen LogP contribution < -0.4 is 0 Å². The molecule has 0 saturated heterocycles. The van der Waals surface area contributed by atoms with Crippen molar-refractivity contribution in [3.8, 4) is 0 Å². The molecule has 0 aliphatic carbocycles. The van der Waals surface area contributed by atoms with E-state index in [4.69, 9.17) is 4.74 Å². The van der Waals surface area contributed by atoms with Crippen molar-refractivity contribution in [2.45, 2.75) is 25.9 Å². The summed E-state index contributed by atoms with van der Waals surface area (Å²) >= 11 is 0. The van der Waals surface area contributed by atoms with E-state index in [2.05, 4.69) is 0 Å². The van der Waals surface area contributed by atoms with Crippen molar-refractivity contribution in [1.29, 1.82) is 0 Å². The summed E-state index contributed by atoms with van der Waals surface area (Å²) in [6.07, 6.45) is 0.427. The fourth-order valence-electron chi connectivity index (χ4n) is 0.594. The molecule has 0 N–H and O–H groups in total. The van der Waals surface area contributed by atoms with E-state index in [9.17, 15) is 4.79 Å². The second kappa shape index (κ2) is 3.72. The molecule has 0 bridgehead atoms. The molecule has 0 aliphatic rings. The molecule has 0 rings (SSSR count). The number of carbonyl (C=O) groups is 1. The van der Waals surface area contributed by atoms with E-state index in [-0.39, 0.29) is 11.5 Å². The van der Waals surface area contributed by atoms with Crippen molar-refractivity contribution < 1.29 is 9.53 Å². The zero-order chi connectivity index (χ0) is 9.07.